The van der Waals surface area contributed by atoms with Gasteiger partial charge in [0.15, 0.2) is 0 Å². The second kappa shape index (κ2) is 5.89. The van der Waals surface area contributed by atoms with Crippen LogP contribution in [0, 0.1) is 10.1 Å². The van der Waals surface area contributed by atoms with Crippen molar-refractivity contribution >= 4 is 40.3 Å². The Morgan fingerprint density at radius 2 is 1.75 bits per heavy atom. The molecule has 0 unspecified atom stereocenters. The first kappa shape index (κ1) is 15.2. The van der Waals surface area contributed by atoms with Crippen molar-refractivity contribution in [1.82, 2.24) is 5.32 Å². The average Bonchev–Trinajstić information content (AvgIpc) is 2.37. The molecule has 1 rings (SSSR count). The van der Waals surface area contributed by atoms with Crippen LogP contribution >= 0.6 is 11.6 Å². The Morgan fingerprint density at radius 1 is 1.20 bits per heavy atom. The zero-order chi connectivity index (χ0) is 15.4. The summed E-state index contributed by atoms with van der Waals surface area (Å²) in [6.07, 6.45) is 0. The molecule has 104 valence electrons. The molecule has 0 saturated carbocycles. The van der Waals surface area contributed by atoms with Gasteiger partial charge in [-0.25, -0.2) is 0 Å². The summed E-state index contributed by atoms with van der Waals surface area (Å²) in [5.41, 5.74) is 2.98. The van der Waals surface area contributed by atoms with E-state index in [1.165, 1.54) is 0 Å². The van der Waals surface area contributed by atoms with Gasteiger partial charge in [0.2, 0.25) is 0 Å². The molecule has 20 heavy (non-hydrogen) atoms. The van der Waals surface area contributed by atoms with Crippen LogP contribution in [0.25, 0.3) is 0 Å². The van der Waals surface area contributed by atoms with Gasteiger partial charge in [-0.2, -0.15) is 0 Å². The SMILES string of the molecule is NC(=O)c1cccc(C(=O)NC(=O)C(=O)Cl)c1[N+](=O)[O-]. The van der Waals surface area contributed by atoms with Gasteiger partial charge in [-0.1, -0.05) is 6.07 Å². The number of nitrogens with zero attached hydrogens (tertiary/aromatic N) is 1. The predicted octanol–water partition coefficient (Wildman–Crippen LogP) is -0.285. The first-order valence-corrected chi connectivity index (χ1v) is 5.25. The number of amides is 3. The number of halogens is 1. The van der Waals surface area contributed by atoms with Crippen LogP contribution in [-0.2, 0) is 9.59 Å². The number of nitro benzene ring substituents is 1. The zero-order valence-corrected chi connectivity index (χ0v) is 10.3. The number of benzene rings is 1. The molecule has 0 saturated heterocycles. The molecule has 0 atom stereocenters. The Kier molecular flexibility index (Phi) is 4.49. The van der Waals surface area contributed by atoms with Crippen molar-refractivity contribution in [2.75, 3.05) is 0 Å². The molecule has 0 aromatic heterocycles. The van der Waals surface area contributed by atoms with Gasteiger partial charge in [-0.3, -0.25) is 34.6 Å². The number of carbonyl (C=O) groups excluding carboxylic acids is 4. The Hall–Kier alpha value is -2.81. The highest BCUT2D eigenvalue weighted by Gasteiger charge is 2.28. The second-order valence-electron chi connectivity index (χ2n) is 3.38. The van der Waals surface area contributed by atoms with Crippen LogP contribution in [0.3, 0.4) is 0 Å². The molecule has 1 aromatic rings. The van der Waals surface area contributed by atoms with Crippen LogP contribution in [0.2, 0.25) is 0 Å². The molecule has 0 spiro atoms. The molecular weight excluding hydrogens is 294 g/mol. The Labute approximate surface area is 115 Å². The summed E-state index contributed by atoms with van der Waals surface area (Å²) in [5, 5.41) is 11.0. The van der Waals surface area contributed by atoms with Crippen molar-refractivity contribution in [1.29, 1.82) is 0 Å². The third-order valence-electron chi connectivity index (χ3n) is 2.13. The number of nitrogens with one attached hydrogen (secondary N) is 1. The Bertz CT molecular complexity index is 642. The Balaban J connectivity index is 3.31. The van der Waals surface area contributed by atoms with Crippen molar-refractivity contribution in [3.63, 3.8) is 0 Å². The molecular formula is C10H6ClN3O6. The topological polar surface area (TPSA) is 149 Å². The maximum absolute atomic E-state index is 11.7. The van der Waals surface area contributed by atoms with Gasteiger partial charge in [0.1, 0.15) is 11.1 Å². The van der Waals surface area contributed by atoms with Gasteiger partial charge < -0.3 is 5.73 Å². The van der Waals surface area contributed by atoms with Gasteiger partial charge in [0.05, 0.1) is 4.92 Å². The summed E-state index contributed by atoms with van der Waals surface area (Å²) < 4.78 is 0. The van der Waals surface area contributed by atoms with Gasteiger partial charge in [-0.15, -0.1) is 0 Å². The minimum absolute atomic E-state index is 0.507. The van der Waals surface area contributed by atoms with Crippen LogP contribution in [0.5, 0.6) is 0 Å². The van der Waals surface area contributed by atoms with Crippen LogP contribution < -0.4 is 11.1 Å². The van der Waals surface area contributed by atoms with Gasteiger partial charge in [0.25, 0.3) is 17.5 Å². The molecule has 0 radical (unpaired) electrons. The molecule has 0 heterocycles. The van der Waals surface area contributed by atoms with E-state index in [0.29, 0.717) is 0 Å². The van der Waals surface area contributed by atoms with E-state index in [0.717, 1.165) is 18.2 Å². The highest BCUT2D eigenvalue weighted by Crippen LogP contribution is 2.23. The minimum atomic E-state index is -1.47. The van der Waals surface area contributed by atoms with E-state index < -0.39 is 44.7 Å². The lowest BCUT2D eigenvalue weighted by Crippen LogP contribution is -2.34. The minimum Gasteiger partial charge on any atom is -0.365 e. The lowest BCUT2D eigenvalue weighted by atomic mass is 10.1. The fourth-order valence-electron chi connectivity index (χ4n) is 1.34. The van der Waals surface area contributed by atoms with E-state index in [-0.39, 0.29) is 0 Å². The number of primary amides is 1. The van der Waals surface area contributed by atoms with Gasteiger partial charge >= 0.3 is 11.1 Å². The van der Waals surface area contributed by atoms with Crippen molar-refractivity contribution in [3.8, 4) is 0 Å². The molecule has 0 fully saturated rings. The highest BCUT2D eigenvalue weighted by molar-refractivity contribution is 6.81. The van der Waals surface area contributed by atoms with Crippen LogP contribution in [0.1, 0.15) is 20.7 Å². The summed E-state index contributed by atoms with van der Waals surface area (Å²) in [5.74, 6) is -3.82. The van der Waals surface area contributed by atoms with Crippen molar-refractivity contribution in [2.24, 2.45) is 5.73 Å². The second-order valence-corrected chi connectivity index (χ2v) is 3.72. The lowest BCUT2D eigenvalue weighted by molar-refractivity contribution is -0.385. The number of hydrogen-bond donors (Lipinski definition) is 2. The maximum atomic E-state index is 11.7. The molecule has 0 aliphatic carbocycles. The highest BCUT2D eigenvalue weighted by atomic mass is 35.5. The lowest BCUT2D eigenvalue weighted by Gasteiger charge is -2.05. The van der Waals surface area contributed by atoms with E-state index in [1.54, 1.807) is 5.32 Å². The largest absolute Gasteiger partial charge is 0.365 e. The van der Waals surface area contributed by atoms with Crippen LogP contribution in [0.4, 0.5) is 5.69 Å². The molecule has 9 nitrogen and oxygen atoms in total. The van der Waals surface area contributed by atoms with E-state index in [4.69, 9.17) is 17.3 Å². The fraction of sp³-hybridized carbons (Fsp3) is 0. The number of nitro groups is 1. The van der Waals surface area contributed by atoms with E-state index in [9.17, 15) is 29.3 Å². The summed E-state index contributed by atoms with van der Waals surface area (Å²) in [6.45, 7) is 0. The van der Waals surface area contributed by atoms with Crippen molar-refractivity contribution in [3.05, 3.63) is 39.4 Å². The third-order valence-corrected chi connectivity index (χ3v) is 2.31. The smallest absolute Gasteiger partial charge is 0.310 e. The number of hydrogen-bond acceptors (Lipinski definition) is 6. The van der Waals surface area contributed by atoms with Crippen LogP contribution in [0.15, 0.2) is 18.2 Å². The van der Waals surface area contributed by atoms with Crippen molar-refractivity contribution < 1.29 is 24.1 Å². The number of imide groups is 1. The summed E-state index contributed by atoms with van der Waals surface area (Å²) in [4.78, 5) is 54.1. The van der Waals surface area contributed by atoms with Crippen LogP contribution in [-0.4, -0.2) is 27.9 Å². The third kappa shape index (κ3) is 3.14. The van der Waals surface area contributed by atoms with E-state index in [1.807, 2.05) is 0 Å². The first-order valence-electron chi connectivity index (χ1n) is 4.88. The molecule has 10 heteroatoms. The number of para-hydroxylation sites is 1. The molecule has 3 N–H and O–H groups in total. The normalized spacial score (nSPS) is 9.65. The zero-order valence-electron chi connectivity index (χ0n) is 9.58. The molecule has 0 aliphatic heterocycles. The molecule has 1 aromatic carbocycles. The molecule has 0 bridgehead atoms. The first-order chi connectivity index (χ1) is 9.25. The van der Waals surface area contributed by atoms with E-state index >= 15 is 0 Å². The molecule has 0 aliphatic rings. The van der Waals surface area contributed by atoms with Gasteiger partial charge in [-0.05, 0) is 23.7 Å². The number of carbonyl (C=O) groups is 4. The van der Waals surface area contributed by atoms with Gasteiger partial charge in [0, 0.05) is 0 Å². The standard InChI is InChI=1S/C10H6ClN3O6/c11-7(15)10(18)13-9(17)5-3-1-2-4(8(12)16)6(5)14(19)20/h1-3H,(H2,12,16)(H,13,17,18). The maximum Gasteiger partial charge on any atom is 0.310 e. The number of nitrogens with two attached hydrogens (primary N) is 1. The fourth-order valence-corrected chi connectivity index (χ4v) is 1.39. The summed E-state index contributed by atoms with van der Waals surface area (Å²) in [6, 6.07) is 3.20. The Morgan fingerprint density at radius 3 is 2.20 bits per heavy atom. The summed E-state index contributed by atoms with van der Waals surface area (Å²) >= 11 is 4.83. The number of rotatable bonds is 4. The monoisotopic (exact) mass is 299 g/mol. The summed E-state index contributed by atoms with van der Waals surface area (Å²) in [7, 11) is 0. The van der Waals surface area contributed by atoms with Crippen molar-refractivity contribution in [2.45, 2.75) is 0 Å². The molecule has 3 amide bonds. The van der Waals surface area contributed by atoms with E-state index in [2.05, 4.69) is 0 Å². The average molecular weight is 300 g/mol. The predicted molar refractivity (Wildman–Crippen MR) is 64.9 cm³/mol. The quantitative estimate of drug-likeness (QED) is 0.338.